The highest BCUT2D eigenvalue weighted by Crippen LogP contribution is 2.19. The van der Waals surface area contributed by atoms with Crippen LogP contribution in [0.2, 0.25) is 0 Å². The Morgan fingerprint density at radius 3 is 2.40 bits per heavy atom. The first-order chi connectivity index (χ1) is 7.27. The molecular formula is C12H13N3. The molecule has 15 heavy (non-hydrogen) atoms. The Balaban J connectivity index is 2.29. The summed E-state index contributed by atoms with van der Waals surface area (Å²) in [6.07, 6.45) is 1.73. The molecule has 0 fully saturated rings. The van der Waals surface area contributed by atoms with Gasteiger partial charge in [0.1, 0.15) is 5.82 Å². The van der Waals surface area contributed by atoms with Crippen LogP contribution in [0.15, 0.2) is 48.7 Å². The monoisotopic (exact) mass is 199 g/mol. The van der Waals surface area contributed by atoms with Crippen LogP contribution in [-0.4, -0.2) is 4.98 Å². The van der Waals surface area contributed by atoms with Gasteiger partial charge in [0, 0.05) is 6.20 Å². The number of anilines is 2. The van der Waals surface area contributed by atoms with E-state index in [1.54, 1.807) is 11.2 Å². The third-order valence-corrected chi connectivity index (χ3v) is 2.21. The molecule has 0 saturated heterocycles. The number of aryl methyl sites for hydroxylation is 1. The molecule has 1 aromatic carbocycles. The number of benzene rings is 1. The van der Waals surface area contributed by atoms with Crippen molar-refractivity contribution in [1.29, 1.82) is 0 Å². The molecule has 0 aliphatic carbocycles. The second kappa shape index (κ2) is 4.11. The summed E-state index contributed by atoms with van der Waals surface area (Å²) in [5.41, 5.74) is 2.15. The fourth-order valence-corrected chi connectivity index (χ4v) is 1.33. The minimum Gasteiger partial charge on any atom is -0.262 e. The molecule has 0 aliphatic rings. The highest BCUT2D eigenvalue weighted by molar-refractivity contribution is 5.57. The van der Waals surface area contributed by atoms with Gasteiger partial charge < -0.3 is 0 Å². The maximum Gasteiger partial charge on any atom is 0.147 e. The number of pyridine rings is 1. The van der Waals surface area contributed by atoms with Gasteiger partial charge >= 0.3 is 0 Å². The predicted molar refractivity (Wildman–Crippen MR) is 61.7 cm³/mol. The van der Waals surface area contributed by atoms with Gasteiger partial charge in [0.15, 0.2) is 0 Å². The Hall–Kier alpha value is -1.87. The lowest BCUT2D eigenvalue weighted by Gasteiger charge is -2.17. The minimum atomic E-state index is 0.737. The van der Waals surface area contributed by atoms with Crippen LogP contribution < -0.4 is 10.9 Å². The number of nitrogens with zero attached hydrogens (tertiary/aromatic N) is 2. The zero-order chi connectivity index (χ0) is 10.7. The van der Waals surface area contributed by atoms with E-state index < -0.39 is 0 Å². The van der Waals surface area contributed by atoms with Gasteiger partial charge in [-0.25, -0.2) is 10.8 Å². The Kier molecular flexibility index (Phi) is 2.65. The highest BCUT2D eigenvalue weighted by Gasteiger charge is 2.03. The van der Waals surface area contributed by atoms with Crippen LogP contribution in [0.4, 0.5) is 11.5 Å². The Morgan fingerprint density at radius 1 is 1.07 bits per heavy atom. The molecule has 0 radical (unpaired) electrons. The molecule has 1 aromatic heterocycles. The summed E-state index contributed by atoms with van der Waals surface area (Å²) in [7, 11) is 0. The van der Waals surface area contributed by atoms with E-state index in [1.807, 2.05) is 49.4 Å². The zero-order valence-corrected chi connectivity index (χ0v) is 8.59. The third kappa shape index (κ3) is 2.14. The summed E-state index contributed by atoms with van der Waals surface area (Å²) in [4.78, 5) is 4.18. The average Bonchev–Trinajstić information content (AvgIpc) is 2.30. The average molecular weight is 199 g/mol. The smallest absolute Gasteiger partial charge is 0.147 e. The predicted octanol–water partition coefficient (Wildman–Crippen LogP) is 2.40. The van der Waals surface area contributed by atoms with Gasteiger partial charge in [0.05, 0.1) is 5.69 Å². The van der Waals surface area contributed by atoms with Crippen LogP contribution >= 0.6 is 0 Å². The molecule has 1 heterocycles. The van der Waals surface area contributed by atoms with E-state index in [1.165, 1.54) is 5.56 Å². The summed E-state index contributed by atoms with van der Waals surface area (Å²) >= 11 is 0. The van der Waals surface area contributed by atoms with Crippen LogP contribution in [0, 0.1) is 6.92 Å². The largest absolute Gasteiger partial charge is 0.262 e. The Morgan fingerprint density at radius 2 is 1.80 bits per heavy atom. The van der Waals surface area contributed by atoms with Crippen molar-refractivity contribution >= 4 is 11.5 Å². The molecule has 0 bridgehead atoms. The lowest BCUT2D eigenvalue weighted by molar-refractivity contribution is 1.04. The number of hydrazine groups is 1. The first-order valence-corrected chi connectivity index (χ1v) is 4.80. The van der Waals surface area contributed by atoms with E-state index in [2.05, 4.69) is 4.98 Å². The molecule has 0 atom stereocenters. The van der Waals surface area contributed by atoms with Crippen LogP contribution in [0.1, 0.15) is 5.56 Å². The van der Waals surface area contributed by atoms with Crippen molar-refractivity contribution in [2.45, 2.75) is 6.92 Å². The highest BCUT2D eigenvalue weighted by atomic mass is 15.4. The van der Waals surface area contributed by atoms with Crippen molar-refractivity contribution in [3.63, 3.8) is 0 Å². The van der Waals surface area contributed by atoms with Crippen molar-refractivity contribution in [2.24, 2.45) is 5.84 Å². The summed E-state index contributed by atoms with van der Waals surface area (Å²) in [6.45, 7) is 2.05. The van der Waals surface area contributed by atoms with E-state index >= 15 is 0 Å². The first kappa shape index (κ1) is 9.68. The second-order valence-electron chi connectivity index (χ2n) is 3.39. The van der Waals surface area contributed by atoms with Crippen LogP contribution in [0.25, 0.3) is 0 Å². The number of nitrogens with two attached hydrogens (primary N) is 1. The second-order valence-corrected chi connectivity index (χ2v) is 3.39. The molecule has 3 nitrogen and oxygen atoms in total. The topological polar surface area (TPSA) is 42.1 Å². The van der Waals surface area contributed by atoms with Gasteiger partial charge in [0.25, 0.3) is 0 Å². The molecule has 0 unspecified atom stereocenters. The van der Waals surface area contributed by atoms with Gasteiger partial charge in [-0.3, -0.25) is 5.01 Å². The van der Waals surface area contributed by atoms with Gasteiger partial charge in [-0.15, -0.1) is 0 Å². The molecule has 0 spiro atoms. The maximum atomic E-state index is 5.94. The molecule has 2 aromatic rings. The van der Waals surface area contributed by atoms with Gasteiger partial charge in [-0.05, 0) is 31.2 Å². The summed E-state index contributed by atoms with van der Waals surface area (Å²) in [6, 6.07) is 13.7. The number of hydrogen-bond donors (Lipinski definition) is 1. The van der Waals surface area contributed by atoms with E-state index in [4.69, 9.17) is 5.84 Å². The van der Waals surface area contributed by atoms with Crippen molar-refractivity contribution in [3.8, 4) is 0 Å². The van der Waals surface area contributed by atoms with Crippen molar-refractivity contribution in [2.75, 3.05) is 5.01 Å². The van der Waals surface area contributed by atoms with Crippen molar-refractivity contribution in [3.05, 3.63) is 54.2 Å². The number of hydrogen-bond acceptors (Lipinski definition) is 3. The van der Waals surface area contributed by atoms with E-state index in [0.29, 0.717) is 0 Å². The zero-order valence-electron chi connectivity index (χ0n) is 8.59. The Bertz CT molecular complexity index is 422. The minimum absolute atomic E-state index is 0.737. The normalized spacial score (nSPS) is 10.0. The first-order valence-electron chi connectivity index (χ1n) is 4.80. The van der Waals surface area contributed by atoms with Crippen LogP contribution in [0.3, 0.4) is 0 Å². The molecule has 76 valence electrons. The van der Waals surface area contributed by atoms with E-state index in [-0.39, 0.29) is 0 Å². The molecule has 0 aliphatic heterocycles. The lowest BCUT2D eigenvalue weighted by atomic mass is 10.2. The molecule has 0 saturated carbocycles. The number of rotatable bonds is 2. The summed E-state index contributed by atoms with van der Waals surface area (Å²) < 4.78 is 0. The SMILES string of the molecule is Cc1ccc(N(N)c2ccccn2)cc1. The van der Waals surface area contributed by atoms with E-state index in [0.717, 1.165) is 11.5 Å². The molecule has 0 amide bonds. The fourth-order valence-electron chi connectivity index (χ4n) is 1.33. The van der Waals surface area contributed by atoms with Gasteiger partial charge in [-0.1, -0.05) is 23.8 Å². The standard InChI is InChI=1S/C12H13N3/c1-10-5-7-11(8-6-10)15(13)12-4-2-3-9-14-12/h2-9H,13H2,1H3. The van der Waals surface area contributed by atoms with Crippen LogP contribution in [-0.2, 0) is 0 Å². The lowest BCUT2D eigenvalue weighted by Crippen LogP contribution is -2.25. The van der Waals surface area contributed by atoms with Crippen molar-refractivity contribution in [1.82, 2.24) is 4.98 Å². The van der Waals surface area contributed by atoms with Gasteiger partial charge in [-0.2, -0.15) is 0 Å². The molecule has 2 N–H and O–H groups in total. The maximum absolute atomic E-state index is 5.94. The summed E-state index contributed by atoms with van der Waals surface area (Å²) in [5, 5.41) is 1.57. The Labute approximate surface area is 89.1 Å². The van der Waals surface area contributed by atoms with Crippen LogP contribution in [0.5, 0.6) is 0 Å². The number of aromatic nitrogens is 1. The third-order valence-electron chi connectivity index (χ3n) is 2.21. The van der Waals surface area contributed by atoms with E-state index in [9.17, 15) is 0 Å². The molecule has 2 rings (SSSR count). The quantitative estimate of drug-likeness (QED) is 0.596. The molecular weight excluding hydrogens is 186 g/mol. The van der Waals surface area contributed by atoms with Crippen molar-refractivity contribution < 1.29 is 0 Å². The van der Waals surface area contributed by atoms with Gasteiger partial charge in [0.2, 0.25) is 0 Å². The fraction of sp³-hybridized carbons (Fsp3) is 0.0833. The molecule has 3 heteroatoms. The summed E-state index contributed by atoms with van der Waals surface area (Å²) in [5.74, 6) is 6.67.